The van der Waals surface area contributed by atoms with E-state index in [0.29, 0.717) is 11.5 Å². The minimum atomic E-state index is -0.0562. The van der Waals surface area contributed by atoms with E-state index in [1.807, 2.05) is 45.0 Å². The van der Waals surface area contributed by atoms with E-state index in [4.69, 9.17) is 4.74 Å². The van der Waals surface area contributed by atoms with Crippen molar-refractivity contribution in [3.8, 4) is 5.75 Å². The Morgan fingerprint density at radius 1 is 1.24 bits per heavy atom. The Balaban J connectivity index is 1.68. The fraction of sp³-hybridized carbons (Fsp3) is 0.316. The van der Waals surface area contributed by atoms with E-state index in [2.05, 4.69) is 15.3 Å². The predicted octanol–water partition coefficient (Wildman–Crippen LogP) is 3.87. The van der Waals surface area contributed by atoms with Crippen molar-refractivity contribution in [3.05, 3.63) is 51.8 Å². The van der Waals surface area contributed by atoms with Crippen molar-refractivity contribution >= 4 is 27.5 Å². The number of carbonyl (C=O) groups excluding carboxylic acids is 1. The monoisotopic (exact) mass is 353 g/mol. The van der Waals surface area contributed by atoms with Crippen LogP contribution in [0.15, 0.2) is 24.3 Å². The number of nitrogens with zero attached hydrogens (tertiary/aromatic N) is 2. The Labute approximate surface area is 150 Å². The summed E-state index contributed by atoms with van der Waals surface area (Å²) in [5, 5.41) is 4.16. The molecule has 0 radical (unpaired) electrons. The standard InChI is InChI=1S/C19H19N3O2S/c1-10-16-11(2)20-12(3)21-19(16)25-17(10)18(23)22-14-8-9-24-15-7-5-4-6-13(14)15/h4-7,14H,8-9H2,1-3H3,(H,22,23). The van der Waals surface area contributed by atoms with Gasteiger partial charge in [-0.15, -0.1) is 11.3 Å². The van der Waals surface area contributed by atoms with E-state index in [-0.39, 0.29) is 11.9 Å². The molecule has 1 unspecified atom stereocenters. The summed E-state index contributed by atoms with van der Waals surface area (Å²) >= 11 is 1.44. The molecule has 1 atom stereocenters. The van der Waals surface area contributed by atoms with Gasteiger partial charge >= 0.3 is 0 Å². The third-order valence-corrected chi connectivity index (χ3v) is 5.74. The first-order valence-corrected chi connectivity index (χ1v) is 9.13. The summed E-state index contributed by atoms with van der Waals surface area (Å²) in [4.78, 5) is 23.4. The Morgan fingerprint density at radius 3 is 2.88 bits per heavy atom. The Morgan fingerprint density at radius 2 is 2.04 bits per heavy atom. The molecule has 25 heavy (non-hydrogen) atoms. The molecule has 0 spiro atoms. The number of para-hydroxylation sites is 1. The molecular weight excluding hydrogens is 334 g/mol. The summed E-state index contributed by atoms with van der Waals surface area (Å²) in [6.07, 6.45) is 0.768. The van der Waals surface area contributed by atoms with E-state index in [1.165, 1.54) is 11.3 Å². The molecular formula is C19H19N3O2S. The lowest BCUT2D eigenvalue weighted by atomic mass is 10.0. The zero-order chi connectivity index (χ0) is 17.6. The first-order chi connectivity index (χ1) is 12.0. The van der Waals surface area contributed by atoms with Crippen LogP contribution in [0.4, 0.5) is 0 Å². The average Bonchev–Trinajstić information content (AvgIpc) is 2.92. The number of nitrogens with one attached hydrogen (secondary N) is 1. The third kappa shape index (κ3) is 2.76. The van der Waals surface area contributed by atoms with Gasteiger partial charge in [0, 0.05) is 23.1 Å². The number of thiophene rings is 1. The van der Waals surface area contributed by atoms with Crippen LogP contribution in [0, 0.1) is 20.8 Å². The molecule has 1 N–H and O–H groups in total. The van der Waals surface area contributed by atoms with Crippen LogP contribution in [0.3, 0.4) is 0 Å². The van der Waals surface area contributed by atoms with Gasteiger partial charge in [0.25, 0.3) is 5.91 Å². The largest absolute Gasteiger partial charge is 0.493 e. The topological polar surface area (TPSA) is 64.1 Å². The van der Waals surface area contributed by atoms with Gasteiger partial charge in [0.2, 0.25) is 0 Å². The minimum absolute atomic E-state index is 0.0315. The van der Waals surface area contributed by atoms with Gasteiger partial charge in [0.15, 0.2) is 0 Å². The molecule has 0 saturated heterocycles. The molecule has 0 aliphatic carbocycles. The van der Waals surface area contributed by atoms with Gasteiger partial charge in [0.1, 0.15) is 16.4 Å². The van der Waals surface area contributed by atoms with Crippen molar-refractivity contribution in [2.24, 2.45) is 0 Å². The average molecular weight is 353 g/mol. The highest BCUT2D eigenvalue weighted by Gasteiger charge is 2.25. The van der Waals surface area contributed by atoms with Gasteiger partial charge in [0.05, 0.1) is 17.5 Å². The van der Waals surface area contributed by atoms with Crippen LogP contribution in [-0.4, -0.2) is 22.5 Å². The molecule has 4 rings (SSSR count). The van der Waals surface area contributed by atoms with Gasteiger partial charge < -0.3 is 10.1 Å². The smallest absolute Gasteiger partial charge is 0.262 e. The molecule has 3 aromatic rings. The number of ether oxygens (including phenoxy) is 1. The summed E-state index contributed by atoms with van der Waals surface area (Å²) < 4.78 is 5.67. The van der Waals surface area contributed by atoms with E-state index in [1.54, 1.807) is 0 Å². The van der Waals surface area contributed by atoms with Crippen molar-refractivity contribution in [1.82, 2.24) is 15.3 Å². The van der Waals surface area contributed by atoms with E-state index in [9.17, 15) is 4.79 Å². The quantitative estimate of drug-likeness (QED) is 0.759. The van der Waals surface area contributed by atoms with Crippen LogP contribution < -0.4 is 10.1 Å². The van der Waals surface area contributed by atoms with Crippen LogP contribution >= 0.6 is 11.3 Å². The molecule has 6 heteroatoms. The maximum absolute atomic E-state index is 12.9. The Bertz CT molecular complexity index is 980. The number of aryl methyl sites for hydroxylation is 3. The molecule has 5 nitrogen and oxygen atoms in total. The lowest BCUT2D eigenvalue weighted by molar-refractivity contribution is 0.0928. The van der Waals surface area contributed by atoms with Gasteiger partial charge in [-0.3, -0.25) is 4.79 Å². The van der Waals surface area contributed by atoms with Crippen molar-refractivity contribution in [2.75, 3.05) is 6.61 Å². The summed E-state index contributed by atoms with van der Waals surface area (Å²) in [5.74, 6) is 1.53. The summed E-state index contributed by atoms with van der Waals surface area (Å²) in [6, 6.07) is 7.84. The number of rotatable bonds is 2. The van der Waals surface area contributed by atoms with Crippen molar-refractivity contribution in [3.63, 3.8) is 0 Å². The maximum atomic E-state index is 12.9. The van der Waals surface area contributed by atoms with E-state index >= 15 is 0 Å². The molecule has 1 aromatic carbocycles. The molecule has 1 amide bonds. The van der Waals surface area contributed by atoms with Gasteiger partial charge in [-0.2, -0.15) is 0 Å². The molecule has 3 heterocycles. The molecule has 1 aliphatic rings. The maximum Gasteiger partial charge on any atom is 0.262 e. The van der Waals surface area contributed by atoms with Gasteiger partial charge in [-0.1, -0.05) is 18.2 Å². The minimum Gasteiger partial charge on any atom is -0.493 e. The van der Waals surface area contributed by atoms with Crippen LogP contribution in [0.1, 0.15) is 44.8 Å². The van der Waals surface area contributed by atoms with E-state index < -0.39 is 0 Å². The first kappa shape index (κ1) is 16.0. The van der Waals surface area contributed by atoms with Crippen molar-refractivity contribution < 1.29 is 9.53 Å². The Kier molecular flexibility index (Phi) is 3.92. The van der Waals surface area contributed by atoms with Crippen LogP contribution in [-0.2, 0) is 0 Å². The lowest BCUT2D eigenvalue weighted by Crippen LogP contribution is -2.32. The highest BCUT2D eigenvalue weighted by Crippen LogP contribution is 2.34. The number of fused-ring (bicyclic) bond motifs is 2. The SMILES string of the molecule is Cc1nc(C)c2c(C)c(C(=O)NC3CCOc4ccccc43)sc2n1. The van der Waals surface area contributed by atoms with E-state index in [0.717, 1.165) is 45.0 Å². The molecule has 2 aromatic heterocycles. The van der Waals surface area contributed by atoms with Gasteiger partial charge in [-0.05, 0) is 32.4 Å². The number of amides is 1. The Hall–Kier alpha value is -2.47. The molecule has 0 bridgehead atoms. The number of carbonyl (C=O) groups is 1. The highest BCUT2D eigenvalue weighted by molar-refractivity contribution is 7.20. The van der Waals surface area contributed by atoms with Crippen molar-refractivity contribution in [2.45, 2.75) is 33.2 Å². The van der Waals surface area contributed by atoms with Crippen molar-refractivity contribution in [1.29, 1.82) is 0 Å². The molecule has 0 fully saturated rings. The zero-order valence-electron chi connectivity index (χ0n) is 14.4. The second kappa shape index (κ2) is 6.11. The third-order valence-electron chi connectivity index (χ3n) is 4.55. The summed E-state index contributed by atoms with van der Waals surface area (Å²) in [6.45, 7) is 6.42. The van der Waals surface area contributed by atoms with Crippen LogP contribution in [0.25, 0.3) is 10.2 Å². The highest BCUT2D eigenvalue weighted by atomic mass is 32.1. The molecule has 0 saturated carbocycles. The van der Waals surface area contributed by atoms with Gasteiger partial charge in [-0.25, -0.2) is 9.97 Å². The molecule has 128 valence electrons. The normalized spacial score (nSPS) is 16.4. The number of hydrogen-bond acceptors (Lipinski definition) is 5. The van der Waals surface area contributed by atoms with Crippen LogP contribution in [0.5, 0.6) is 5.75 Å². The fourth-order valence-electron chi connectivity index (χ4n) is 3.41. The lowest BCUT2D eigenvalue weighted by Gasteiger charge is -2.26. The number of benzene rings is 1. The summed E-state index contributed by atoms with van der Waals surface area (Å²) in [7, 11) is 0. The number of hydrogen-bond donors (Lipinski definition) is 1. The summed E-state index contributed by atoms with van der Waals surface area (Å²) in [5.41, 5.74) is 2.91. The zero-order valence-corrected chi connectivity index (χ0v) is 15.2. The first-order valence-electron chi connectivity index (χ1n) is 8.31. The van der Waals surface area contributed by atoms with Crippen LogP contribution in [0.2, 0.25) is 0 Å². The fourth-order valence-corrected chi connectivity index (χ4v) is 4.59. The molecule has 1 aliphatic heterocycles. The predicted molar refractivity (Wildman–Crippen MR) is 98.4 cm³/mol. The second-order valence-electron chi connectivity index (χ2n) is 6.29. The second-order valence-corrected chi connectivity index (χ2v) is 7.29. The number of aromatic nitrogens is 2.